The number of rotatable bonds is 3. The predicted octanol–water partition coefficient (Wildman–Crippen LogP) is 4.99. The Morgan fingerprint density at radius 2 is 2.05 bits per heavy atom. The molecule has 0 unspecified atom stereocenters. The normalized spacial score (nSPS) is 10.5. The first-order chi connectivity index (χ1) is 10.2. The number of nitriles is 1. The van der Waals surface area contributed by atoms with Crippen LogP contribution < -0.4 is 5.32 Å². The van der Waals surface area contributed by atoms with Gasteiger partial charge in [0.25, 0.3) is 0 Å². The number of furan rings is 1. The summed E-state index contributed by atoms with van der Waals surface area (Å²) in [6.07, 6.45) is 0. The summed E-state index contributed by atoms with van der Waals surface area (Å²) in [6.45, 7) is 2.65. The van der Waals surface area contributed by atoms with Gasteiger partial charge in [-0.15, -0.1) is 0 Å². The molecule has 0 amide bonds. The van der Waals surface area contributed by atoms with Crippen LogP contribution in [0, 0.1) is 18.3 Å². The molecule has 0 aliphatic rings. The van der Waals surface area contributed by atoms with E-state index in [1.165, 1.54) is 0 Å². The van der Waals surface area contributed by atoms with E-state index in [0.717, 1.165) is 32.5 Å². The van der Waals surface area contributed by atoms with Crippen molar-refractivity contribution in [2.75, 3.05) is 5.32 Å². The van der Waals surface area contributed by atoms with Crippen molar-refractivity contribution in [2.24, 2.45) is 0 Å². The SMILES string of the molecule is Cc1oc2ccccc2c1CNc1ccc(C#N)cc1Br. The van der Waals surface area contributed by atoms with Gasteiger partial charge in [0.15, 0.2) is 0 Å². The van der Waals surface area contributed by atoms with Crippen LogP contribution in [-0.4, -0.2) is 0 Å². The Bertz CT molecular complexity index is 846. The summed E-state index contributed by atoms with van der Waals surface area (Å²) < 4.78 is 6.64. The van der Waals surface area contributed by atoms with Crippen LogP contribution >= 0.6 is 15.9 Å². The van der Waals surface area contributed by atoms with E-state index in [4.69, 9.17) is 9.68 Å². The van der Waals surface area contributed by atoms with Crippen LogP contribution in [0.3, 0.4) is 0 Å². The second kappa shape index (κ2) is 5.63. The van der Waals surface area contributed by atoms with Crippen LogP contribution in [0.1, 0.15) is 16.9 Å². The fraction of sp³-hybridized carbons (Fsp3) is 0.118. The quantitative estimate of drug-likeness (QED) is 0.730. The molecular weight excluding hydrogens is 328 g/mol. The Balaban J connectivity index is 1.87. The first kappa shape index (κ1) is 13.7. The smallest absolute Gasteiger partial charge is 0.134 e. The predicted molar refractivity (Wildman–Crippen MR) is 87.1 cm³/mol. The fourth-order valence-corrected chi connectivity index (χ4v) is 2.87. The van der Waals surface area contributed by atoms with Crippen molar-refractivity contribution < 1.29 is 4.42 Å². The lowest BCUT2D eigenvalue weighted by atomic mass is 10.1. The Hall–Kier alpha value is -2.25. The zero-order valence-corrected chi connectivity index (χ0v) is 13.1. The molecule has 0 bridgehead atoms. The lowest BCUT2D eigenvalue weighted by molar-refractivity contribution is 0.573. The van der Waals surface area contributed by atoms with Crippen molar-refractivity contribution in [1.82, 2.24) is 0 Å². The number of hydrogen-bond donors (Lipinski definition) is 1. The first-order valence-corrected chi connectivity index (χ1v) is 7.39. The Kier molecular flexibility index (Phi) is 3.68. The molecule has 3 aromatic rings. The number of aryl methyl sites for hydroxylation is 1. The Morgan fingerprint density at radius 3 is 2.81 bits per heavy atom. The van der Waals surface area contributed by atoms with Gasteiger partial charge in [-0.25, -0.2) is 0 Å². The maximum atomic E-state index is 8.88. The molecule has 0 saturated heterocycles. The fourth-order valence-electron chi connectivity index (χ4n) is 2.35. The topological polar surface area (TPSA) is 49.0 Å². The summed E-state index contributed by atoms with van der Waals surface area (Å²) in [5, 5.41) is 13.4. The number of nitrogens with one attached hydrogen (secondary N) is 1. The largest absolute Gasteiger partial charge is 0.461 e. The van der Waals surface area contributed by atoms with Gasteiger partial charge in [0.2, 0.25) is 0 Å². The highest BCUT2D eigenvalue weighted by atomic mass is 79.9. The van der Waals surface area contributed by atoms with Gasteiger partial charge in [0.05, 0.1) is 11.6 Å². The van der Waals surface area contributed by atoms with Crippen molar-refractivity contribution in [2.45, 2.75) is 13.5 Å². The summed E-state index contributed by atoms with van der Waals surface area (Å²) in [4.78, 5) is 0. The second-order valence-electron chi connectivity index (χ2n) is 4.79. The van der Waals surface area contributed by atoms with Crippen LogP contribution in [0.2, 0.25) is 0 Å². The molecular formula is C17H13BrN2O. The zero-order valence-electron chi connectivity index (χ0n) is 11.5. The average Bonchev–Trinajstić information content (AvgIpc) is 2.81. The van der Waals surface area contributed by atoms with Crippen molar-refractivity contribution >= 4 is 32.6 Å². The van der Waals surface area contributed by atoms with Gasteiger partial charge in [0.1, 0.15) is 11.3 Å². The highest BCUT2D eigenvalue weighted by Crippen LogP contribution is 2.28. The summed E-state index contributed by atoms with van der Waals surface area (Å²) in [6, 6.07) is 15.7. The number of para-hydroxylation sites is 1. The first-order valence-electron chi connectivity index (χ1n) is 6.59. The monoisotopic (exact) mass is 340 g/mol. The van der Waals surface area contributed by atoms with Crippen molar-refractivity contribution in [1.29, 1.82) is 5.26 Å². The standard InChI is InChI=1S/C17H13BrN2O/c1-11-14(13-4-2-3-5-17(13)21-11)10-20-16-7-6-12(9-19)8-15(16)18/h2-8,20H,10H2,1H3. The average molecular weight is 341 g/mol. The Labute approximate surface area is 131 Å². The van der Waals surface area contributed by atoms with Gasteiger partial charge < -0.3 is 9.73 Å². The van der Waals surface area contributed by atoms with Gasteiger partial charge >= 0.3 is 0 Å². The second-order valence-corrected chi connectivity index (χ2v) is 5.65. The van der Waals surface area contributed by atoms with Crippen LogP contribution in [-0.2, 0) is 6.54 Å². The summed E-state index contributed by atoms with van der Waals surface area (Å²) in [5.74, 6) is 0.925. The van der Waals surface area contributed by atoms with Crippen LogP contribution in [0.5, 0.6) is 0 Å². The summed E-state index contributed by atoms with van der Waals surface area (Å²) >= 11 is 3.48. The van der Waals surface area contributed by atoms with Gasteiger partial charge in [-0.3, -0.25) is 0 Å². The zero-order chi connectivity index (χ0) is 14.8. The maximum Gasteiger partial charge on any atom is 0.134 e. The number of hydrogen-bond acceptors (Lipinski definition) is 3. The molecule has 0 spiro atoms. The molecule has 0 aliphatic carbocycles. The van der Waals surface area contributed by atoms with Crippen molar-refractivity contribution in [3.8, 4) is 6.07 Å². The van der Waals surface area contributed by atoms with Crippen molar-refractivity contribution in [3.05, 3.63) is 63.8 Å². The molecule has 3 nitrogen and oxygen atoms in total. The number of nitrogens with zero attached hydrogens (tertiary/aromatic N) is 1. The van der Waals surface area contributed by atoms with E-state index < -0.39 is 0 Å². The van der Waals surface area contributed by atoms with Crippen LogP contribution in [0.4, 0.5) is 5.69 Å². The lowest BCUT2D eigenvalue weighted by Crippen LogP contribution is -2.00. The van der Waals surface area contributed by atoms with Gasteiger partial charge in [-0.1, -0.05) is 18.2 Å². The Morgan fingerprint density at radius 1 is 1.24 bits per heavy atom. The third-order valence-corrected chi connectivity index (χ3v) is 4.11. The summed E-state index contributed by atoms with van der Waals surface area (Å²) in [5.41, 5.74) is 3.66. The van der Waals surface area contributed by atoms with E-state index in [0.29, 0.717) is 12.1 Å². The van der Waals surface area contributed by atoms with E-state index in [1.807, 2.05) is 37.3 Å². The molecule has 1 heterocycles. The molecule has 0 saturated carbocycles. The van der Waals surface area contributed by atoms with Crippen LogP contribution in [0.25, 0.3) is 11.0 Å². The molecule has 0 atom stereocenters. The molecule has 21 heavy (non-hydrogen) atoms. The molecule has 1 N–H and O–H groups in total. The van der Waals surface area contributed by atoms with Gasteiger partial charge in [-0.2, -0.15) is 5.26 Å². The molecule has 2 aromatic carbocycles. The van der Waals surface area contributed by atoms with E-state index in [9.17, 15) is 0 Å². The van der Waals surface area contributed by atoms with E-state index in [1.54, 1.807) is 6.07 Å². The maximum absolute atomic E-state index is 8.88. The molecule has 1 aromatic heterocycles. The molecule has 3 rings (SSSR count). The highest BCUT2D eigenvalue weighted by molar-refractivity contribution is 9.10. The van der Waals surface area contributed by atoms with Crippen LogP contribution in [0.15, 0.2) is 51.4 Å². The molecule has 4 heteroatoms. The third-order valence-electron chi connectivity index (χ3n) is 3.45. The van der Waals surface area contributed by atoms with Gasteiger partial charge in [0, 0.05) is 27.7 Å². The molecule has 0 fully saturated rings. The minimum absolute atomic E-state index is 0.636. The van der Waals surface area contributed by atoms with E-state index >= 15 is 0 Å². The molecule has 0 radical (unpaired) electrons. The molecule has 104 valence electrons. The lowest BCUT2D eigenvalue weighted by Gasteiger charge is -2.08. The number of fused-ring (bicyclic) bond motifs is 1. The van der Waals surface area contributed by atoms with Gasteiger partial charge in [-0.05, 0) is 47.1 Å². The third kappa shape index (κ3) is 2.65. The number of halogens is 1. The summed E-state index contributed by atoms with van der Waals surface area (Å²) in [7, 11) is 0. The minimum atomic E-state index is 0.636. The highest BCUT2D eigenvalue weighted by Gasteiger charge is 2.10. The van der Waals surface area contributed by atoms with E-state index in [-0.39, 0.29) is 0 Å². The molecule has 0 aliphatic heterocycles. The van der Waals surface area contributed by atoms with E-state index in [2.05, 4.69) is 33.4 Å². The number of benzene rings is 2. The minimum Gasteiger partial charge on any atom is -0.461 e. The number of anilines is 1. The van der Waals surface area contributed by atoms with Crippen molar-refractivity contribution in [3.63, 3.8) is 0 Å².